The number of amides is 1. The standard InChI is InChI=1S/C20H30N4OS/c1-4-5-6-18(25)21-7-8-23-9-11-24(12-10-23)20-22-19-16(3)13-15(2)14-17(19)26-20/h13-14H,4-12H2,1-3H3,(H,21,25). The van der Waals surface area contributed by atoms with Crippen LogP contribution in [0.25, 0.3) is 10.2 Å². The number of rotatable bonds is 7. The Morgan fingerprint density at radius 3 is 2.73 bits per heavy atom. The van der Waals surface area contributed by atoms with E-state index in [9.17, 15) is 4.79 Å². The third-order valence-corrected chi connectivity index (χ3v) is 6.03. The Balaban J connectivity index is 1.48. The van der Waals surface area contributed by atoms with Crippen LogP contribution in [-0.2, 0) is 4.79 Å². The molecule has 1 fully saturated rings. The van der Waals surface area contributed by atoms with Crippen LogP contribution in [0.2, 0.25) is 0 Å². The van der Waals surface area contributed by atoms with Gasteiger partial charge in [-0.05, 0) is 37.5 Å². The molecule has 0 bridgehead atoms. The monoisotopic (exact) mass is 374 g/mol. The van der Waals surface area contributed by atoms with E-state index in [1.165, 1.54) is 15.8 Å². The van der Waals surface area contributed by atoms with Gasteiger partial charge in [0.15, 0.2) is 5.13 Å². The van der Waals surface area contributed by atoms with Crippen molar-refractivity contribution in [2.45, 2.75) is 40.0 Å². The van der Waals surface area contributed by atoms with Crippen molar-refractivity contribution in [1.29, 1.82) is 0 Å². The van der Waals surface area contributed by atoms with Crippen LogP contribution in [-0.4, -0.2) is 55.1 Å². The van der Waals surface area contributed by atoms with Crippen LogP contribution in [0.15, 0.2) is 12.1 Å². The Kier molecular flexibility index (Phi) is 6.48. The van der Waals surface area contributed by atoms with Crippen molar-refractivity contribution in [3.8, 4) is 0 Å². The van der Waals surface area contributed by atoms with Gasteiger partial charge in [0, 0.05) is 45.7 Å². The normalized spacial score (nSPS) is 15.6. The van der Waals surface area contributed by atoms with E-state index < -0.39 is 0 Å². The third-order valence-electron chi connectivity index (χ3n) is 4.97. The molecule has 0 radical (unpaired) electrons. The van der Waals surface area contributed by atoms with Gasteiger partial charge in [0.1, 0.15) is 0 Å². The lowest BCUT2D eigenvalue weighted by Crippen LogP contribution is -2.48. The lowest BCUT2D eigenvalue weighted by Gasteiger charge is -2.34. The first-order valence-corrected chi connectivity index (χ1v) is 10.5. The highest BCUT2D eigenvalue weighted by atomic mass is 32.1. The highest BCUT2D eigenvalue weighted by Gasteiger charge is 2.20. The Morgan fingerprint density at radius 1 is 1.23 bits per heavy atom. The lowest BCUT2D eigenvalue weighted by atomic mass is 10.1. The van der Waals surface area contributed by atoms with E-state index in [0.717, 1.165) is 62.8 Å². The summed E-state index contributed by atoms with van der Waals surface area (Å²) in [4.78, 5) is 21.4. The molecule has 0 aliphatic carbocycles. The molecule has 2 heterocycles. The number of carbonyl (C=O) groups is 1. The number of carbonyl (C=O) groups excluding carboxylic acids is 1. The highest BCUT2D eigenvalue weighted by molar-refractivity contribution is 7.22. The first-order chi connectivity index (χ1) is 12.6. The molecule has 1 amide bonds. The number of nitrogens with one attached hydrogen (secondary N) is 1. The SMILES string of the molecule is CCCCC(=O)NCCN1CCN(c2nc3c(C)cc(C)cc3s2)CC1. The number of anilines is 1. The number of aromatic nitrogens is 1. The third kappa shape index (κ3) is 4.74. The molecule has 1 aromatic heterocycles. The van der Waals surface area contributed by atoms with Gasteiger partial charge in [0.2, 0.25) is 5.91 Å². The summed E-state index contributed by atoms with van der Waals surface area (Å²) < 4.78 is 1.29. The molecule has 1 aromatic carbocycles. The number of piperazine rings is 1. The van der Waals surface area contributed by atoms with Gasteiger partial charge in [-0.25, -0.2) is 4.98 Å². The fraction of sp³-hybridized carbons (Fsp3) is 0.600. The highest BCUT2D eigenvalue weighted by Crippen LogP contribution is 2.32. The Labute approximate surface area is 160 Å². The molecule has 142 valence electrons. The first kappa shape index (κ1) is 19.1. The summed E-state index contributed by atoms with van der Waals surface area (Å²) >= 11 is 1.80. The Hall–Kier alpha value is -1.66. The predicted molar refractivity (Wildman–Crippen MR) is 110 cm³/mol. The quantitative estimate of drug-likeness (QED) is 0.807. The maximum Gasteiger partial charge on any atom is 0.220 e. The van der Waals surface area contributed by atoms with E-state index in [1.807, 2.05) is 0 Å². The Bertz CT molecular complexity index is 750. The minimum Gasteiger partial charge on any atom is -0.355 e. The second-order valence-electron chi connectivity index (χ2n) is 7.21. The van der Waals surface area contributed by atoms with Crippen molar-refractivity contribution < 1.29 is 4.79 Å². The minimum absolute atomic E-state index is 0.186. The topological polar surface area (TPSA) is 48.5 Å². The number of aryl methyl sites for hydroxylation is 2. The molecular formula is C20H30N4OS. The largest absolute Gasteiger partial charge is 0.355 e. The fourth-order valence-corrected chi connectivity index (χ4v) is 4.63. The van der Waals surface area contributed by atoms with Crippen LogP contribution in [0.1, 0.15) is 37.3 Å². The molecule has 0 spiro atoms. The van der Waals surface area contributed by atoms with Crippen molar-refractivity contribution >= 4 is 32.6 Å². The molecule has 0 atom stereocenters. The molecule has 1 N–H and O–H groups in total. The maximum atomic E-state index is 11.7. The van der Waals surface area contributed by atoms with E-state index in [0.29, 0.717) is 6.42 Å². The minimum atomic E-state index is 0.186. The number of unbranched alkanes of at least 4 members (excludes halogenated alkanes) is 1. The van der Waals surface area contributed by atoms with Crippen LogP contribution in [0.5, 0.6) is 0 Å². The van der Waals surface area contributed by atoms with Gasteiger partial charge >= 0.3 is 0 Å². The molecule has 0 unspecified atom stereocenters. The summed E-state index contributed by atoms with van der Waals surface area (Å²) in [6.45, 7) is 12.1. The number of benzene rings is 1. The molecule has 5 nitrogen and oxygen atoms in total. The van der Waals surface area contributed by atoms with Gasteiger partial charge in [-0.1, -0.05) is 30.7 Å². The number of fused-ring (bicyclic) bond motifs is 1. The van der Waals surface area contributed by atoms with Crippen LogP contribution >= 0.6 is 11.3 Å². The zero-order valence-corrected chi connectivity index (χ0v) is 17.0. The van der Waals surface area contributed by atoms with Gasteiger partial charge in [0.25, 0.3) is 0 Å². The summed E-state index contributed by atoms with van der Waals surface area (Å²) in [5, 5.41) is 4.17. The van der Waals surface area contributed by atoms with Crippen LogP contribution in [0.3, 0.4) is 0 Å². The molecule has 1 aliphatic heterocycles. The van der Waals surface area contributed by atoms with Crippen LogP contribution in [0, 0.1) is 13.8 Å². The molecule has 6 heteroatoms. The van der Waals surface area contributed by atoms with E-state index >= 15 is 0 Å². The number of thiazole rings is 1. The summed E-state index contributed by atoms with van der Waals surface area (Å²) in [6.07, 6.45) is 2.70. The number of nitrogens with zero attached hydrogens (tertiary/aromatic N) is 3. The first-order valence-electron chi connectivity index (χ1n) is 9.68. The smallest absolute Gasteiger partial charge is 0.220 e. The lowest BCUT2D eigenvalue weighted by molar-refractivity contribution is -0.121. The summed E-state index contributed by atoms with van der Waals surface area (Å²) in [6, 6.07) is 4.44. The van der Waals surface area contributed by atoms with Gasteiger partial charge in [-0.3, -0.25) is 9.69 Å². The van der Waals surface area contributed by atoms with Gasteiger partial charge < -0.3 is 10.2 Å². The predicted octanol–water partition coefficient (Wildman–Crippen LogP) is 3.34. The van der Waals surface area contributed by atoms with E-state index in [-0.39, 0.29) is 5.91 Å². The van der Waals surface area contributed by atoms with Crippen molar-refractivity contribution in [1.82, 2.24) is 15.2 Å². The molecule has 3 rings (SSSR count). The molecular weight excluding hydrogens is 344 g/mol. The molecule has 2 aromatic rings. The average Bonchev–Trinajstić information content (AvgIpc) is 3.05. The second-order valence-corrected chi connectivity index (χ2v) is 8.22. The summed E-state index contributed by atoms with van der Waals surface area (Å²) in [5.74, 6) is 0.186. The Morgan fingerprint density at radius 2 is 2.00 bits per heavy atom. The number of hydrogen-bond donors (Lipinski definition) is 1. The summed E-state index contributed by atoms with van der Waals surface area (Å²) in [7, 11) is 0. The number of hydrogen-bond acceptors (Lipinski definition) is 5. The van der Waals surface area contributed by atoms with Crippen LogP contribution < -0.4 is 10.2 Å². The van der Waals surface area contributed by atoms with E-state index in [2.05, 4.69) is 48.0 Å². The fourth-order valence-electron chi connectivity index (χ4n) is 3.44. The molecule has 1 saturated heterocycles. The van der Waals surface area contributed by atoms with E-state index in [4.69, 9.17) is 4.98 Å². The molecule has 0 saturated carbocycles. The second kappa shape index (κ2) is 8.82. The van der Waals surface area contributed by atoms with Crippen molar-refractivity contribution in [2.75, 3.05) is 44.2 Å². The zero-order valence-electron chi connectivity index (χ0n) is 16.2. The average molecular weight is 375 g/mol. The van der Waals surface area contributed by atoms with Crippen molar-refractivity contribution in [2.24, 2.45) is 0 Å². The van der Waals surface area contributed by atoms with Crippen molar-refractivity contribution in [3.05, 3.63) is 23.3 Å². The maximum absolute atomic E-state index is 11.7. The van der Waals surface area contributed by atoms with E-state index in [1.54, 1.807) is 11.3 Å². The van der Waals surface area contributed by atoms with Gasteiger partial charge in [0.05, 0.1) is 10.2 Å². The van der Waals surface area contributed by atoms with Crippen molar-refractivity contribution in [3.63, 3.8) is 0 Å². The summed E-state index contributed by atoms with van der Waals surface area (Å²) in [5.41, 5.74) is 3.71. The zero-order chi connectivity index (χ0) is 18.5. The van der Waals surface area contributed by atoms with Gasteiger partial charge in [-0.2, -0.15) is 0 Å². The van der Waals surface area contributed by atoms with Crippen LogP contribution in [0.4, 0.5) is 5.13 Å². The molecule has 1 aliphatic rings. The van der Waals surface area contributed by atoms with Gasteiger partial charge in [-0.15, -0.1) is 0 Å². The molecule has 26 heavy (non-hydrogen) atoms.